The number of hydrogen-bond donors (Lipinski definition) is 1. The highest BCUT2D eigenvalue weighted by Crippen LogP contribution is 2.18. The largest absolute Gasteiger partial charge is 0.508 e. The van der Waals surface area contributed by atoms with Crippen LogP contribution in [0.5, 0.6) is 23.0 Å². The summed E-state index contributed by atoms with van der Waals surface area (Å²) in [5.41, 5.74) is 0. The van der Waals surface area contributed by atoms with Crippen LogP contribution in [-0.2, 0) is 0 Å². The molecule has 2 rings (SSSR count). The van der Waals surface area contributed by atoms with Gasteiger partial charge in [0.2, 0.25) is 0 Å². The summed E-state index contributed by atoms with van der Waals surface area (Å²) in [5.74, 6) is 2.37. The van der Waals surface area contributed by atoms with E-state index in [0.717, 1.165) is 11.5 Å². The van der Waals surface area contributed by atoms with Gasteiger partial charge in [-0.05, 0) is 36.4 Å². The maximum absolute atomic E-state index is 9.27. The Bertz CT molecular complexity index is 508. The minimum Gasteiger partial charge on any atom is -0.508 e. The zero-order valence-electron chi connectivity index (χ0n) is 10.7. The second-order valence-electron chi connectivity index (χ2n) is 3.87. The van der Waals surface area contributed by atoms with E-state index in [2.05, 4.69) is 0 Å². The van der Waals surface area contributed by atoms with Crippen LogP contribution >= 0.6 is 0 Å². The molecule has 0 bridgehead atoms. The highest BCUT2D eigenvalue weighted by molar-refractivity contribution is 5.32. The number of hydrogen-bond acceptors (Lipinski definition) is 4. The zero-order valence-corrected chi connectivity index (χ0v) is 10.7. The van der Waals surface area contributed by atoms with Crippen LogP contribution in [-0.4, -0.2) is 25.4 Å². The van der Waals surface area contributed by atoms with E-state index < -0.39 is 0 Å². The Balaban J connectivity index is 1.74. The highest BCUT2D eigenvalue weighted by atomic mass is 16.5. The summed E-state index contributed by atoms with van der Waals surface area (Å²) < 4.78 is 16.0. The normalized spacial score (nSPS) is 9.95. The number of aromatic hydroxyl groups is 1. The number of rotatable bonds is 6. The first-order chi connectivity index (χ1) is 9.28. The van der Waals surface area contributed by atoms with E-state index in [0.29, 0.717) is 19.0 Å². The molecule has 2 aromatic carbocycles. The smallest absolute Gasteiger partial charge is 0.123 e. The summed E-state index contributed by atoms with van der Waals surface area (Å²) in [5, 5.41) is 9.27. The average molecular weight is 260 g/mol. The van der Waals surface area contributed by atoms with Crippen LogP contribution in [0.4, 0.5) is 0 Å². The molecule has 0 spiro atoms. The molecule has 0 atom stereocenters. The Labute approximate surface area is 112 Å². The molecule has 1 N–H and O–H groups in total. The maximum atomic E-state index is 9.27. The van der Waals surface area contributed by atoms with Gasteiger partial charge in [0.15, 0.2) is 0 Å². The third-order valence-corrected chi connectivity index (χ3v) is 2.50. The SMILES string of the molecule is COc1ccc(OCCOc2cccc(O)c2)cc1. The van der Waals surface area contributed by atoms with Crippen LogP contribution in [0.15, 0.2) is 48.5 Å². The lowest BCUT2D eigenvalue weighted by atomic mass is 10.3. The Kier molecular flexibility index (Phi) is 4.50. The molecule has 0 radical (unpaired) electrons. The Hall–Kier alpha value is -2.36. The van der Waals surface area contributed by atoms with E-state index in [-0.39, 0.29) is 5.75 Å². The van der Waals surface area contributed by atoms with Crippen LogP contribution < -0.4 is 14.2 Å². The predicted octanol–water partition coefficient (Wildman–Crippen LogP) is 2.86. The quantitative estimate of drug-likeness (QED) is 0.811. The lowest BCUT2D eigenvalue weighted by Crippen LogP contribution is -2.08. The summed E-state index contributed by atoms with van der Waals surface area (Å²) in [7, 11) is 1.62. The molecule has 0 aliphatic rings. The average Bonchev–Trinajstić information content (AvgIpc) is 2.44. The van der Waals surface area contributed by atoms with Gasteiger partial charge in [-0.3, -0.25) is 0 Å². The Morgan fingerprint density at radius 3 is 2.11 bits per heavy atom. The van der Waals surface area contributed by atoms with Crippen LogP contribution in [0.25, 0.3) is 0 Å². The molecule has 0 aliphatic carbocycles. The zero-order chi connectivity index (χ0) is 13.5. The van der Waals surface area contributed by atoms with Crippen LogP contribution in [0.1, 0.15) is 0 Å². The second kappa shape index (κ2) is 6.54. The minimum absolute atomic E-state index is 0.188. The third-order valence-electron chi connectivity index (χ3n) is 2.50. The Morgan fingerprint density at radius 2 is 1.47 bits per heavy atom. The van der Waals surface area contributed by atoms with Gasteiger partial charge >= 0.3 is 0 Å². The van der Waals surface area contributed by atoms with Gasteiger partial charge in [-0.25, -0.2) is 0 Å². The number of ether oxygens (including phenoxy) is 3. The van der Waals surface area contributed by atoms with E-state index in [9.17, 15) is 5.11 Å². The van der Waals surface area contributed by atoms with Crippen molar-refractivity contribution in [3.8, 4) is 23.0 Å². The van der Waals surface area contributed by atoms with E-state index in [1.165, 1.54) is 0 Å². The summed E-state index contributed by atoms with van der Waals surface area (Å²) in [6, 6.07) is 14.0. The van der Waals surface area contributed by atoms with Crippen LogP contribution in [0.2, 0.25) is 0 Å². The van der Waals surface area contributed by atoms with Gasteiger partial charge in [-0.15, -0.1) is 0 Å². The summed E-state index contributed by atoms with van der Waals surface area (Å²) in [6.45, 7) is 0.845. The minimum atomic E-state index is 0.188. The van der Waals surface area contributed by atoms with Crippen molar-refractivity contribution in [1.82, 2.24) is 0 Å². The maximum Gasteiger partial charge on any atom is 0.123 e. The topological polar surface area (TPSA) is 47.9 Å². The third kappa shape index (κ3) is 4.10. The van der Waals surface area contributed by atoms with E-state index >= 15 is 0 Å². The summed E-state index contributed by atoms with van der Waals surface area (Å²) >= 11 is 0. The first kappa shape index (κ1) is 13.1. The van der Waals surface area contributed by atoms with Crippen molar-refractivity contribution >= 4 is 0 Å². The van der Waals surface area contributed by atoms with E-state index in [1.807, 2.05) is 24.3 Å². The van der Waals surface area contributed by atoms with Gasteiger partial charge in [0, 0.05) is 6.07 Å². The van der Waals surface area contributed by atoms with Crippen molar-refractivity contribution in [1.29, 1.82) is 0 Å². The molecule has 0 amide bonds. The van der Waals surface area contributed by atoms with Crippen LogP contribution in [0.3, 0.4) is 0 Å². The monoisotopic (exact) mass is 260 g/mol. The van der Waals surface area contributed by atoms with Crippen LogP contribution in [0, 0.1) is 0 Å². The number of phenols is 1. The number of phenolic OH excluding ortho intramolecular Hbond substituents is 1. The summed E-state index contributed by atoms with van der Waals surface area (Å²) in [4.78, 5) is 0. The van der Waals surface area contributed by atoms with Crippen molar-refractivity contribution in [2.24, 2.45) is 0 Å². The fourth-order valence-electron chi connectivity index (χ4n) is 1.56. The van der Waals surface area contributed by atoms with Gasteiger partial charge in [0.05, 0.1) is 7.11 Å². The van der Waals surface area contributed by atoms with Crippen molar-refractivity contribution in [3.05, 3.63) is 48.5 Å². The van der Waals surface area contributed by atoms with Crippen molar-refractivity contribution in [2.45, 2.75) is 0 Å². The van der Waals surface area contributed by atoms with Gasteiger partial charge < -0.3 is 19.3 Å². The van der Waals surface area contributed by atoms with Crippen molar-refractivity contribution < 1.29 is 19.3 Å². The second-order valence-corrected chi connectivity index (χ2v) is 3.87. The van der Waals surface area contributed by atoms with E-state index in [1.54, 1.807) is 31.4 Å². The van der Waals surface area contributed by atoms with E-state index in [4.69, 9.17) is 14.2 Å². The standard InChI is InChI=1S/C15H16O4/c1-17-13-5-7-14(8-6-13)18-9-10-19-15-4-2-3-12(16)11-15/h2-8,11,16H,9-10H2,1H3. The molecule has 2 aromatic rings. The molecular weight excluding hydrogens is 244 g/mol. The summed E-state index contributed by atoms with van der Waals surface area (Å²) in [6.07, 6.45) is 0. The fourth-order valence-corrected chi connectivity index (χ4v) is 1.56. The number of benzene rings is 2. The molecule has 0 unspecified atom stereocenters. The fraction of sp³-hybridized carbons (Fsp3) is 0.200. The highest BCUT2D eigenvalue weighted by Gasteiger charge is 1.97. The van der Waals surface area contributed by atoms with Gasteiger partial charge in [-0.2, -0.15) is 0 Å². The molecule has 100 valence electrons. The Morgan fingerprint density at radius 1 is 0.842 bits per heavy atom. The molecular formula is C15H16O4. The van der Waals surface area contributed by atoms with Crippen molar-refractivity contribution in [3.63, 3.8) is 0 Å². The van der Waals surface area contributed by atoms with Gasteiger partial charge in [0.1, 0.15) is 36.2 Å². The lowest BCUT2D eigenvalue weighted by Gasteiger charge is -2.09. The molecule has 0 heterocycles. The molecule has 4 nitrogen and oxygen atoms in total. The predicted molar refractivity (Wildman–Crippen MR) is 72.1 cm³/mol. The molecule has 0 aromatic heterocycles. The first-order valence-corrected chi connectivity index (χ1v) is 5.96. The molecule has 0 fully saturated rings. The van der Waals surface area contributed by atoms with Gasteiger partial charge in [0.25, 0.3) is 0 Å². The van der Waals surface area contributed by atoms with Gasteiger partial charge in [-0.1, -0.05) is 6.07 Å². The molecule has 19 heavy (non-hydrogen) atoms. The number of methoxy groups -OCH3 is 1. The van der Waals surface area contributed by atoms with Crippen molar-refractivity contribution in [2.75, 3.05) is 20.3 Å². The lowest BCUT2D eigenvalue weighted by molar-refractivity contribution is 0.216. The first-order valence-electron chi connectivity index (χ1n) is 5.96. The molecule has 0 aliphatic heterocycles. The molecule has 0 saturated heterocycles. The molecule has 0 saturated carbocycles. The molecule has 4 heteroatoms.